The quantitative estimate of drug-likeness (QED) is 0.880. The number of nitrogens with one attached hydrogen (secondary N) is 1. The van der Waals surface area contributed by atoms with E-state index < -0.39 is 5.60 Å². The van der Waals surface area contributed by atoms with E-state index in [1.165, 1.54) is 0 Å². The normalized spacial score (nSPS) is 20.3. The number of nitrogens with zero attached hydrogens (tertiary/aromatic N) is 2. The van der Waals surface area contributed by atoms with Gasteiger partial charge in [0.2, 0.25) is 5.91 Å². The van der Waals surface area contributed by atoms with E-state index in [2.05, 4.69) is 9.97 Å². The lowest BCUT2D eigenvalue weighted by atomic mass is 10.0. The average Bonchev–Trinajstić information content (AvgIpc) is 3.23. The SMILES string of the molecule is CO[C@]1(COc2cccc(C)c2)CCN(C(=O)Cc2cnc[nH]2)C1. The van der Waals surface area contributed by atoms with Crippen LogP contribution in [0.25, 0.3) is 0 Å². The van der Waals surface area contributed by atoms with Crippen molar-refractivity contribution in [2.75, 3.05) is 26.8 Å². The molecule has 0 bridgehead atoms. The minimum absolute atomic E-state index is 0.0775. The van der Waals surface area contributed by atoms with Crippen molar-refractivity contribution < 1.29 is 14.3 Å². The van der Waals surface area contributed by atoms with Gasteiger partial charge in [-0.05, 0) is 31.0 Å². The number of ether oxygens (including phenoxy) is 2. The lowest BCUT2D eigenvalue weighted by Gasteiger charge is -2.28. The number of rotatable bonds is 6. The van der Waals surface area contributed by atoms with E-state index in [0.717, 1.165) is 23.4 Å². The molecule has 1 amide bonds. The summed E-state index contributed by atoms with van der Waals surface area (Å²) in [4.78, 5) is 21.2. The Kier molecular flexibility index (Phi) is 4.85. The molecule has 1 aliphatic heterocycles. The van der Waals surface area contributed by atoms with Crippen LogP contribution in [-0.2, 0) is 16.0 Å². The number of carbonyl (C=O) groups is 1. The Labute approximate surface area is 141 Å². The molecule has 1 atom stereocenters. The molecule has 1 N–H and O–H groups in total. The van der Waals surface area contributed by atoms with Crippen LogP contribution in [0.4, 0.5) is 0 Å². The molecule has 0 aliphatic carbocycles. The number of hydrogen-bond acceptors (Lipinski definition) is 4. The van der Waals surface area contributed by atoms with Gasteiger partial charge < -0.3 is 19.4 Å². The van der Waals surface area contributed by atoms with Gasteiger partial charge >= 0.3 is 0 Å². The van der Waals surface area contributed by atoms with E-state index in [-0.39, 0.29) is 5.91 Å². The number of aromatic amines is 1. The van der Waals surface area contributed by atoms with Gasteiger partial charge in [-0.3, -0.25) is 4.79 Å². The van der Waals surface area contributed by atoms with Crippen LogP contribution < -0.4 is 4.74 Å². The second kappa shape index (κ2) is 7.05. The number of likely N-dealkylation sites (tertiary alicyclic amines) is 1. The Balaban J connectivity index is 1.59. The number of benzene rings is 1. The molecular formula is C18H23N3O3. The van der Waals surface area contributed by atoms with Crippen molar-refractivity contribution in [2.24, 2.45) is 0 Å². The highest BCUT2D eigenvalue weighted by molar-refractivity contribution is 5.78. The van der Waals surface area contributed by atoms with Gasteiger partial charge in [0.25, 0.3) is 0 Å². The molecule has 128 valence electrons. The van der Waals surface area contributed by atoms with Gasteiger partial charge in [0.1, 0.15) is 18.0 Å². The zero-order valence-electron chi connectivity index (χ0n) is 14.1. The molecular weight excluding hydrogens is 306 g/mol. The van der Waals surface area contributed by atoms with Crippen LogP contribution in [-0.4, -0.2) is 53.2 Å². The van der Waals surface area contributed by atoms with Crippen molar-refractivity contribution in [3.63, 3.8) is 0 Å². The Morgan fingerprint density at radius 1 is 1.46 bits per heavy atom. The van der Waals surface area contributed by atoms with Gasteiger partial charge in [-0.1, -0.05) is 12.1 Å². The number of amides is 1. The molecule has 0 unspecified atom stereocenters. The number of imidazole rings is 1. The molecule has 0 saturated carbocycles. The summed E-state index contributed by atoms with van der Waals surface area (Å²) in [6, 6.07) is 7.94. The summed E-state index contributed by atoms with van der Waals surface area (Å²) in [5, 5.41) is 0. The first-order valence-electron chi connectivity index (χ1n) is 8.10. The largest absolute Gasteiger partial charge is 0.491 e. The van der Waals surface area contributed by atoms with Crippen molar-refractivity contribution in [3.8, 4) is 5.75 Å². The Bertz CT molecular complexity index is 687. The van der Waals surface area contributed by atoms with Crippen molar-refractivity contribution in [3.05, 3.63) is 48.0 Å². The molecule has 1 saturated heterocycles. The summed E-state index contributed by atoms with van der Waals surface area (Å²) >= 11 is 0. The van der Waals surface area contributed by atoms with Crippen LogP contribution in [0.2, 0.25) is 0 Å². The summed E-state index contributed by atoms with van der Waals surface area (Å²) in [7, 11) is 1.68. The molecule has 1 aromatic carbocycles. The summed E-state index contributed by atoms with van der Waals surface area (Å²) in [6.07, 6.45) is 4.36. The molecule has 0 spiro atoms. The van der Waals surface area contributed by atoms with Crippen molar-refractivity contribution in [2.45, 2.75) is 25.4 Å². The van der Waals surface area contributed by atoms with Crippen molar-refractivity contribution >= 4 is 5.91 Å². The maximum absolute atomic E-state index is 12.4. The number of aryl methyl sites for hydroxylation is 1. The van der Waals surface area contributed by atoms with Gasteiger partial charge in [0.15, 0.2) is 0 Å². The lowest BCUT2D eigenvalue weighted by molar-refractivity contribution is -0.131. The zero-order chi connectivity index (χ0) is 17.0. The van der Waals surface area contributed by atoms with Crippen LogP contribution in [0.3, 0.4) is 0 Å². The van der Waals surface area contributed by atoms with Crippen molar-refractivity contribution in [1.82, 2.24) is 14.9 Å². The van der Waals surface area contributed by atoms with Crippen LogP contribution in [0.1, 0.15) is 17.7 Å². The maximum Gasteiger partial charge on any atom is 0.228 e. The lowest BCUT2D eigenvalue weighted by Crippen LogP contribution is -2.42. The second-order valence-electron chi connectivity index (χ2n) is 6.31. The van der Waals surface area contributed by atoms with E-state index >= 15 is 0 Å². The molecule has 1 aromatic heterocycles. The Hall–Kier alpha value is -2.34. The standard InChI is InChI=1S/C18H23N3O3/c1-14-4-3-5-16(8-14)24-12-18(23-2)6-7-21(11-18)17(22)9-15-10-19-13-20-15/h3-5,8,10,13H,6-7,9,11-12H2,1-2H3,(H,19,20)/t18-/m1/s1. The maximum atomic E-state index is 12.4. The molecule has 6 nitrogen and oxygen atoms in total. The van der Waals surface area contributed by atoms with E-state index in [1.54, 1.807) is 19.6 Å². The first kappa shape index (κ1) is 16.5. The third kappa shape index (κ3) is 3.76. The van der Waals surface area contributed by atoms with Gasteiger partial charge in [-0.25, -0.2) is 4.98 Å². The molecule has 1 fully saturated rings. The number of hydrogen-bond donors (Lipinski definition) is 1. The fraction of sp³-hybridized carbons (Fsp3) is 0.444. The molecule has 2 heterocycles. The first-order chi connectivity index (χ1) is 11.6. The highest BCUT2D eigenvalue weighted by Gasteiger charge is 2.41. The topological polar surface area (TPSA) is 67.5 Å². The predicted molar refractivity (Wildman–Crippen MR) is 89.9 cm³/mol. The van der Waals surface area contributed by atoms with E-state index in [1.807, 2.05) is 36.1 Å². The number of carbonyl (C=O) groups excluding carboxylic acids is 1. The fourth-order valence-electron chi connectivity index (χ4n) is 2.98. The smallest absolute Gasteiger partial charge is 0.228 e. The highest BCUT2D eigenvalue weighted by atomic mass is 16.5. The third-order valence-electron chi connectivity index (χ3n) is 4.49. The molecule has 3 rings (SSSR count). The first-order valence-corrected chi connectivity index (χ1v) is 8.10. The average molecular weight is 329 g/mol. The Morgan fingerprint density at radius 3 is 3.04 bits per heavy atom. The van der Waals surface area contributed by atoms with Gasteiger partial charge in [0, 0.05) is 25.5 Å². The van der Waals surface area contributed by atoms with Gasteiger partial charge in [0.05, 0.1) is 19.3 Å². The van der Waals surface area contributed by atoms with Gasteiger partial charge in [-0.15, -0.1) is 0 Å². The fourth-order valence-corrected chi connectivity index (χ4v) is 2.98. The monoisotopic (exact) mass is 329 g/mol. The van der Waals surface area contributed by atoms with E-state index in [0.29, 0.717) is 26.1 Å². The van der Waals surface area contributed by atoms with Gasteiger partial charge in [-0.2, -0.15) is 0 Å². The minimum atomic E-state index is -0.451. The number of H-pyrrole nitrogens is 1. The number of aromatic nitrogens is 2. The summed E-state index contributed by atoms with van der Waals surface area (Å²) in [6.45, 7) is 3.69. The second-order valence-corrected chi connectivity index (χ2v) is 6.31. The molecule has 6 heteroatoms. The molecule has 2 aromatic rings. The minimum Gasteiger partial charge on any atom is -0.491 e. The van der Waals surface area contributed by atoms with E-state index in [9.17, 15) is 4.79 Å². The van der Waals surface area contributed by atoms with Crippen molar-refractivity contribution in [1.29, 1.82) is 0 Å². The van der Waals surface area contributed by atoms with Crippen LogP contribution in [0.15, 0.2) is 36.8 Å². The summed E-state index contributed by atoms with van der Waals surface area (Å²) < 4.78 is 11.6. The van der Waals surface area contributed by atoms with Crippen LogP contribution in [0, 0.1) is 6.92 Å². The summed E-state index contributed by atoms with van der Waals surface area (Å²) in [5.74, 6) is 0.905. The molecule has 0 radical (unpaired) electrons. The number of methoxy groups -OCH3 is 1. The molecule has 24 heavy (non-hydrogen) atoms. The van der Waals surface area contributed by atoms with Crippen LogP contribution >= 0.6 is 0 Å². The summed E-state index contributed by atoms with van der Waals surface area (Å²) in [5.41, 5.74) is 1.53. The third-order valence-corrected chi connectivity index (χ3v) is 4.49. The van der Waals surface area contributed by atoms with E-state index in [4.69, 9.17) is 9.47 Å². The molecule has 1 aliphatic rings. The zero-order valence-corrected chi connectivity index (χ0v) is 14.1. The Morgan fingerprint density at radius 2 is 2.33 bits per heavy atom. The van der Waals surface area contributed by atoms with Crippen LogP contribution in [0.5, 0.6) is 5.75 Å². The highest BCUT2D eigenvalue weighted by Crippen LogP contribution is 2.27. The predicted octanol–water partition coefficient (Wildman–Crippen LogP) is 1.96.